The molecule has 1 atom stereocenters. The van der Waals surface area contributed by atoms with E-state index in [9.17, 15) is 0 Å². The maximum Gasteiger partial charge on any atom is 0.0472 e. The quantitative estimate of drug-likeness (QED) is 0.903. The van der Waals surface area contributed by atoms with Crippen LogP contribution >= 0.6 is 11.6 Å². The van der Waals surface area contributed by atoms with E-state index in [-0.39, 0.29) is 0 Å². The Morgan fingerprint density at radius 2 is 1.95 bits per heavy atom. The van der Waals surface area contributed by atoms with Gasteiger partial charge in [0.05, 0.1) is 0 Å². The van der Waals surface area contributed by atoms with E-state index in [4.69, 9.17) is 17.3 Å². The molecule has 3 heteroatoms. The summed E-state index contributed by atoms with van der Waals surface area (Å²) in [5, 5.41) is 0.802. The van der Waals surface area contributed by atoms with Crippen LogP contribution in [0.4, 0.5) is 0 Å². The Balaban J connectivity index is 2.14. The molecule has 1 aliphatic carbocycles. The Morgan fingerprint density at radius 1 is 1.30 bits per heavy atom. The van der Waals surface area contributed by atoms with Gasteiger partial charge in [-0.3, -0.25) is 4.90 Å². The molecule has 2 nitrogen and oxygen atoms in total. The van der Waals surface area contributed by atoms with Crippen molar-refractivity contribution < 1.29 is 0 Å². The molecule has 1 saturated carbocycles. The van der Waals surface area contributed by atoms with Gasteiger partial charge in [0.1, 0.15) is 0 Å². The van der Waals surface area contributed by atoms with Gasteiger partial charge in [-0.25, -0.2) is 0 Å². The van der Waals surface area contributed by atoms with Gasteiger partial charge in [0.15, 0.2) is 0 Å². The summed E-state index contributed by atoms with van der Waals surface area (Å²) in [6.45, 7) is 5.14. The number of hydrogen-bond acceptors (Lipinski definition) is 2. The van der Waals surface area contributed by atoms with Crippen molar-refractivity contribution >= 4 is 11.6 Å². The maximum absolute atomic E-state index is 6.07. The fraction of sp³-hybridized carbons (Fsp3) is 0.647. The minimum atomic E-state index is 0.297. The Kier molecular flexibility index (Phi) is 5.48. The van der Waals surface area contributed by atoms with E-state index >= 15 is 0 Å². The lowest BCUT2D eigenvalue weighted by Gasteiger charge is -2.39. The Hall–Kier alpha value is -0.570. The van der Waals surface area contributed by atoms with Crippen molar-refractivity contribution in [2.45, 2.75) is 51.6 Å². The third kappa shape index (κ3) is 3.55. The Morgan fingerprint density at radius 3 is 2.50 bits per heavy atom. The van der Waals surface area contributed by atoms with Crippen LogP contribution in [0.25, 0.3) is 0 Å². The molecule has 112 valence electrons. The smallest absolute Gasteiger partial charge is 0.0472 e. The van der Waals surface area contributed by atoms with E-state index in [1.165, 1.54) is 36.8 Å². The number of halogens is 1. The van der Waals surface area contributed by atoms with Gasteiger partial charge >= 0.3 is 0 Å². The maximum atomic E-state index is 6.07. The highest BCUT2D eigenvalue weighted by atomic mass is 35.5. The summed E-state index contributed by atoms with van der Waals surface area (Å²) in [5.74, 6) is 0.883. The summed E-state index contributed by atoms with van der Waals surface area (Å²) in [5.41, 5.74) is 8.63. The lowest BCUT2D eigenvalue weighted by atomic mass is 9.85. The molecule has 0 amide bonds. The Bertz CT molecular complexity index is 439. The average molecular weight is 295 g/mol. The predicted octanol–water partition coefficient (Wildman–Crippen LogP) is 4.16. The normalized spacial score (nSPS) is 24.9. The first-order chi connectivity index (χ1) is 9.52. The molecule has 0 spiro atoms. The Labute approximate surface area is 128 Å². The molecule has 0 saturated heterocycles. The summed E-state index contributed by atoms with van der Waals surface area (Å²) in [4.78, 5) is 2.49. The molecule has 0 aromatic heterocycles. The van der Waals surface area contributed by atoms with E-state index in [0.717, 1.165) is 10.9 Å². The van der Waals surface area contributed by atoms with E-state index in [1.54, 1.807) is 0 Å². The van der Waals surface area contributed by atoms with Crippen molar-refractivity contribution in [3.8, 4) is 0 Å². The van der Waals surface area contributed by atoms with Crippen LogP contribution < -0.4 is 5.73 Å². The highest BCUT2D eigenvalue weighted by Gasteiger charge is 2.27. The fourth-order valence-electron chi connectivity index (χ4n) is 3.43. The molecule has 1 unspecified atom stereocenters. The zero-order valence-corrected chi connectivity index (χ0v) is 13.7. The highest BCUT2D eigenvalue weighted by Crippen LogP contribution is 2.32. The van der Waals surface area contributed by atoms with Gasteiger partial charge in [0.25, 0.3) is 0 Å². The molecule has 0 aliphatic heterocycles. The van der Waals surface area contributed by atoms with Crippen molar-refractivity contribution in [3.05, 3.63) is 34.3 Å². The summed E-state index contributed by atoms with van der Waals surface area (Å²) in [6, 6.07) is 7.11. The van der Waals surface area contributed by atoms with Crippen LogP contribution in [0.5, 0.6) is 0 Å². The second-order valence-corrected chi connectivity index (χ2v) is 6.77. The van der Waals surface area contributed by atoms with Gasteiger partial charge in [-0.1, -0.05) is 24.6 Å². The SMILES string of the molecule is Cc1cc(Cl)ccc1C(CN)N(C)C1CCC(C)CC1. The highest BCUT2D eigenvalue weighted by molar-refractivity contribution is 6.30. The number of aryl methyl sites for hydroxylation is 1. The van der Waals surface area contributed by atoms with Crippen LogP contribution in [0.1, 0.15) is 49.8 Å². The van der Waals surface area contributed by atoms with Crippen molar-refractivity contribution in [1.82, 2.24) is 4.90 Å². The van der Waals surface area contributed by atoms with Crippen LogP contribution in [0.2, 0.25) is 5.02 Å². The van der Waals surface area contributed by atoms with E-state index < -0.39 is 0 Å². The van der Waals surface area contributed by atoms with Crippen molar-refractivity contribution in [1.29, 1.82) is 0 Å². The first-order valence-corrected chi connectivity index (χ1v) is 8.08. The fourth-order valence-corrected chi connectivity index (χ4v) is 3.66. The van der Waals surface area contributed by atoms with Gasteiger partial charge in [0.2, 0.25) is 0 Å². The molecule has 20 heavy (non-hydrogen) atoms. The molecule has 1 aliphatic rings. The van der Waals surface area contributed by atoms with Gasteiger partial charge in [0, 0.05) is 23.7 Å². The minimum absolute atomic E-state index is 0.297. The molecule has 2 N–H and O–H groups in total. The molecule has 2 rings (SSSR count). The number of hydrogen-bond donors (Lipinski definition) is 1. The zero-order chi connectivity index (χ0) is 14.7. The van der Waals surface area contributed by atoms with Crippen LogP contribution in [0.15, 0.2) is 18.2 Å². The van der Waals surface area contributed by atoms with Gasteiger partial charge < -0.3 is 5.73 Å². The third-order valence-corrected chi connectivity index (χ3v) is 5.10. The summed E-state index contributed by atoms with van der Waals surface area (Å²) in [7, 11) is 2.23. The van der Waals surface area contributed by atoms with Crippen LogP contribution in [-0.4, -0.2) is 24.5 Å². The summed E-state index contributed by atoms with van der Waals surface area (Å²) in [6.07, 6.45) is 5.26. The number of nitrogens with two attached hydrogens (primary N) is 1. The number of nitrogens with zero attached hydrogens (tertiary/aromatic N) is 1. The standard InChI is InChI=1S/C17H27ClN2/c1-12-4-7-15(8-5-12)20(3)17(11-19)16-9-6-14(18)10-13(16)2/h6,9-10,12,15,17H,4-5,7-8,11,19H2,1-3H3. The van der Waals surface area contributed by atoms with E-state index in [2.05, 4.69) is 31.9 Å². The number of rotatable bonds is 4. The second kappa shape index (κ2) is 6.93. The van der Waals surface area contributed by atoms with Gasteiger partial charge in [-0.15, -0.1) is 0 Å². The first-order valence-electron chi connectivity index (χ1n) is 7.71. The molecular formula is C17H27ClN2. The van der Waals surface area contributed by atoms with Crippen molar-refractivity contribution in [2.24, 2.45) is 11.7 Å². The van der Waals surface area contributed by atoms with Crippen molar-refractivity contribution in [2.75, 3.05) is 13.6 Å². The van der Waals surface area contributed by atoms with Crippen LogP contribution in [0, 0.1) is 12.8 Å². The monoisotopic (exact) mass is 294 g/mol. The molecule has 0 radical (unpaired) electrons. The van der Waals surface area contributed by atoms with Crippen LogP contribution in [-0.2, 0) is 0 Å². The topological polar surface area (TPSA) is 29.3 Å². The number of likely N-dealkylation sites (N-methyl/N-ethyl adjacent to an activating group) is 1. The van der Waals surface area contributed by atoms with Crippen LogP contribution in [0.3, 0.4) is 0 Å². The largest absolute Gasteiger partial charge is 0.329 e. The number of benzene rings is 1. The lowest BCUT2D eigenvalue weighted by molar-refractivity contribution is 0.126. The molecular weight excluding hydrogens is 268 g/mol. The third-order valence-electron chi connectivity index (χ3n) is 4.87. The van der Waals surface area contributed by atoms with Gasteiger partial charge in [-0.2, -0.15) is 0 Å². The van der Waals surface area contributed by atoms with E-state index in [0.29, 0.717) is 18.6 Å². The molecule has 1 aromatic rings. The summed E-state index contributed by atoms with van der Waals surface area (Å²) >= 11 is 6.06. The molecule has 0 bridgehead atoms. The summed E-state index contributed by atoms with van der Waals surface area (Å²) < 4.78 is 0. The van der Waals surface area contributed by atoms with Crippen molar-refractivity contribution in [3.63, 3.8) is 0 Å². The molecule has 1 aromatic carbocycles. The molecule has 1 fully saturated rings. The van der Waals surface area contributed by atoms with E-state index in [1.807, 2.05) is 12.1 Å². The average Bonchev–Trinajstić information content (AvgIpc) is 2.42. The van der Waals surface area contributed by atoms with Gasteiger partial charge in [-0.05, 0) is 68.8 Å². The zero-order valence-electron chi connectivity index (χ0n) is 12.9. The molecule has 0 heterocycles. The predicted molar refractivity (Wildman–Crippen MR) is 87.2 cm³/mol. The second-order valence-electron chi connectivity index (χ2n) is 6.33. The lowest BCUT2D eigenvalue weighted by Crippen LogP contribution is -2.40. The first kappa shape index (κ1) is 15.8. The minimum Gasteiger partial charge on any atom is -0.329 e.